The maximum absolute atomic E-state index is 11.8. The fraction of sp³-hybridized carbons (Fsp3) is 0.0526. The molecule has 0 aliphatic carbocycles. The van der Waals surface area contributed by atoms with Gasteiger partial charge in [-0.05, 0) is 30.3 Å². The number of hydrazone groups is 1. The molecule has 0 fully saturated rings. The zero-order valence-corrected chi connectivity index (χ0v) is 14.8. The number of benzene rings is 2. The third kappa shape index (κ3) is 4.52. The maximum Gasteiger partial charge on any atom is 0.339 e. The van der Waals surface area contributed by atoms with Gasteiger partial charge in [-0.3, -0.25) is 10.1 Å². The van der Waals surface area contributed by atoms with E-state index in [9.17, 15) is 14.9 Å². The van der Waals surface area contributed by atoms with Crippen molar-refractivity contribution in [2.75, 3.05) is 12.4 Å². The Balaban J connectivity index is 1.69. The van der Waals surface area contributed by atoms with Crippen LogP contribution in [0.15, 0.2) is 70.2 Å². The number of amides is 2. The van der Waals surface area contributed by atoms with Crippen LogP contribution in [-0.4, -0.2) is 24.3 Å². The number of non-ortho nitro benzene ring substituents is 1. The van der Waals surface area contributed by atoms with Crippen molar-refractivity contribution in [1.82, 2.24) is 5.43 Å². The van der Waals surface area contributed by atoms with Gasteiger partial charge in [-0.25, -0.2) is 10.2 Å². The van der Waals surface area contributed by atoms with Gasteiger partial charge in [0.1, 0.15) is 17.3 Å². The van der Waals surface area contributed by atoms with Crippen molar-refractivity contribution in [2.24, 2.45) is 5.10 Å². The first kappa shape index (κ1) is 18.6. The van der Waals surface area contributed by atoms with E-state index in [4.69, 9.17) is 9.15 Å². The van der Waals surface area contributed by atoms with E-state index in [-0.39, 0.29) is 5.69 Å². The van der Waals surface area contributed by atoms with Gasteiger partial charge in [0.05, 0.1) is 23.8 Å². The Morgan fingerprint density at radius 2 is 1.96 bits per heavy atom. The lowest BCUT2D eigenvalue weighted by Crippen LogP contribution is -2.24. The first-order valence-corrected chi connectivity index (χ1v) is 8.14. The summed E-state index contributed by atoms with van der Waals surface area (Å²) >= 11 is 0. The number of anilines is 1. The number of furan rings is 1. The van der Waals surface area contributed by atoms with Gasteiger partial charge in [0.2, 0.25) is 0 Å². The number of hydrogen-bond acceptors (Lipinski definition) is 6. The average molecular weight is 380 g/mol. The fourth-order valence-electron chi connectivity index (χ4n) is 2.40. The number of nitrogens with zero attached hydrogens (tertiary/aromatic N) is 2. The fourth-order valence-corrected chi connectivity index (χ4v) is 2.40. The molecule has 1 heterocycles. The van der Waals surface area contributed by atoms with Gasteiger partial charge in [-0.15, -0.1) is 0 Å². The number of urea groups is 1. The number of para-hydroxylation sites is 1. The van der Waals surface area contributed by atoms with Gasteiger partial charge < -0.3 is 14.5 Å². The summed E-state index contributed by atoms with van der Waals surface area (Å²) in [6.07, 6.45) is 1.32. The lowest BCUT2D eigenvalue weighted by Gasteiger charge is -2.05. The summed E-state index contributed by atoms with van der Waals surface area (Å²) in [6, 6.07) is 15.9. The normalized spacial score (nSPS) is 10.6. The molecule has 0 bridgehead atoms. The van der Waals surface area contributed by atoms with E-state index in [0.717, 1.165) is 0 Å². The van der Waals surface area contributed by atoms with Crippen molar-refractivity contribution in [1.29, 1.82) is 0 Å². The molecule has 2 amide bonds. The molecule has 142 valence electrons. The van der Waals surface area contributed by atoms with Gasteiger partial charge in [-0.1, -0.05) is 18.2 Å². The van der Waals surface area contributed by atoms with Gasteiger partial charge >= 0.3 is 6.03 Å². The van der Waals surface area contributed by atoms with Crippen LogP contribution in [0.4, 0.5) is 16.2 Å². The second-order valence-electron chi connectivity index (χ2n) is 5.53. The van der Waals surface area contributed by atoms with Crippen LogP contribution in [0.2, 0.25) is 0 Å². The van der Waals surface area contributed by atoms with Crippen molar-refractivity contribution in [3.63, 3.8) is 0 Å². The van der Waals surface area contributed by atoms with Crippen molar-refractivity contribution >= 4 is 23.6 Å². The number of nitro groups is 1. The molecular formula is C19H16N4O5. The molecule has 0 unspecified atom stereocenters. The Hall–Kier alpha value is -4.14. The molecule has 2 aromatic carbocycles. The Morgan fingerprint density at radius 1 is 1.18 bits per heavy atom. The molecule has 1 aromatic heterocycles. The molecule has 0 aliphatic heterocycles. The highest BCUT2D eigenvalue weighted by Crippen LogP contribution is 2.34. The van der Waals surface area contributed by atoms with E-state index >= 15 is 0 Å². The Kier molecular flexibility index (Phi) is 5.66. The largest absolute Gasteiger partial charge is 0.496 e. The molecule has 0 aliphatic rings. The lowest BCUT2D eigenvalue weighted by atomic mass is 10.1. The van der Waals surface area contributed by atoms with Crippen LogP contribution >= 0.6 is 0 Å². The van der Waals surface area contributed by atoms with Crippen LogP contribution in [0.3, 0.4) is 0 Å². The van der Waals surface area contributed by atoms with Crippen molar-refractivity contribution < 1.29 is 18.9 Å². The smallest absolute Gasteiger partial charge is 0.339 e. The summed E-state index contributed by atoms with van der Waals surface area (Å²) in [5.74, 6) is 1.16. The molecular weight excluding hydrogens is 364 g/mol. The number of carbonyl (C=O) groups excluding carboxylic acids is 1. The van der Waals surface area contributed by atoms with Crippen molar-refractivity contribution in [3.8, 4) is 17.1 Å². The number of carbonyl (C=O) groups is 1. The molecule has 0 atom stereocenters. The highest BCUT2D eigenvalue weighted by molar-refractivity contribution is 5.90. The van der Waals surface area contributed by atoms with Crippen LogP contribution in [0, 0.1) is 10.1 Å². The summed E-state index contributed by atoms with van der Waals surface area (Å²) in [7, 11) is 1.46. The van der Waals surface area contributed by atoms with E-state index in [1.807, 2.05) is 6.07 Å². The van der Waals surface area contributed by atoms with Crippen LogP contribution in [-0.2, 0) is 0 Å². The van der Waals surface area contributed by atoms with Crippen LogP contribution in [0.5, 0.6) is 5.75 Å². The monoisotopic (exact) mass is 380 g/mol. The van der Waals surface area contributed by atoms with Gasteiger partial charge in [0, 0.05) is 17.8 Å². The molecule has 2 N–H and O–H groups in total. The molecule has 28 heavy (non-hydrogen) atoms. The van der Waals surface area contributed by atoms with Crippen molar-refractivity contribution in [3.05, 3.63) is 76.5 Å². The third-order valence-corrected chi connectivity index (χ3v) is 3.68. The first-order chi connectivity index (χ1) is 13.6. The maximum atomic E-state index is 11.8. The minimum absolute atomic E-state index is 0.0818. The molecule has 3 rings (SSSR count). The van der Waals surface area contributed by atoms with Crippen LogP contribution in [0.25, 0.3) is 11.3 Å². The number of methoxy groups -OCH3 is 1. The van der Waals surface area contributed by atoms with Crippen LogP contribution in [0.1, 0.15) is 5.76 Å². The Morgan fingerprint density at radius 3 is 2.68 bits per heavy atom. The van der Waals surface area contributed by atoms with E-state index in [0.29, 0.717) is 28.5 Å². The van der Waals surface area contributed by atoms with Crippen molar-refractivity contribution in [2.45, 2.75) is 0 Å². The lowest BCUT2D eigenvalue weighted by molar-refractivity contribution is -0.384. The van der Waals surface area contributed by atoms with Gasteiger partial charge in [0.15, 0.2) is 0 Å². The second-order valence-corrected chi connectivity index (χ2v) is 5.53. The SMILES string of the molecule is COc1ccc([N+](=O)[O-])cc1-c1ccc(/C=N/NC(=O)Nc2ccccc2)o1. The molecule has 0 saturated carbocycles. The number of ether oxygens (including phenoxy) is 1. The zero-order valence-electron chi connectivity index (χ0n) is 14.8. The first-order valence-electron chi connectivity index (χ1n) is 8.14. The summed E-state index contributed by atoms with van der Waals surface area (Å²) in [5.41, 5.74) is 3.31. The highest BCUT2D eigenvalue weighted by Gasteiger charge is 2.15. The minimum Gasteiger partial charge on any atom is -0.496 e. The van der Waals surface area contributed by atoms with E-state index < -0.39 is 11.0 Å². The number of nitrogens with one attached hydrogen (secondary N) is 2. The summed E-state index contributed by atoms with van der Waals surface area (Å²) < 4.78 is 10.9. The predicted octanol–water partition coefficient (Wildman–Crippen LogP) is 4.02. The van der Waals surface area contributed by atoms with E-state index in [2.05, 4.69) is 15.8 Å². The molecule has 3 aromatic rings. The topological polar surface area (TPSA) is 119 Å². The molecule has 9 nitrogen and oxygen atoms in total. The quantitative estimate of drug-likeness (QED) is 0.380. The predicted molar refractivity (Wildman–Crippen MR) is 104 cm³/mol. The summed E-state index contributed by atoms with van der Waals surface area (Å²) in [4.78, 5) is 22.3. The Bertz CT molecular complexity index is 1010. The standard InChI is InChI=1S/C19H16N4O5/c1-27-17-9-7-14(23(25)26)11-16(17)18-10-8-15(28-18)12-20-22-19(24)21-13-5-3-2-4-6-13/h2-12H,1H3,(H2,21,22,24)/b20-12+. The molecule has 9 heteroatoms. The van der Waals surface area contributed by atoms with E-state index in [1.54, 1.807) is 36.4 Å². The summed E-state index contributed by atoms with van der Waals surface area (Å²) in [5, 5.41) is 17.4. The second kappa shape index (κ2) is 8.49. The van der Waals surface area contributed by atoms with Gasteiger partial charge in [-0.2, -0.15) is 5.10 Å². The van der Waals surface area contributed by atoms with E-state index in [1.165, 1.54) is 31.5 Å². The number of nitro benzene ring substituents is 1. The molecule has 0 radical (unpaired) electrons. The summed E-state index contributed by atoms with van der Waals surface area (Å²) in [6.45, 7) is 0. The average Bonchev–Trinajstić information content (AvgIpc) is 3.17. The molecule has 0 spiro atoms. The third-order valence-electron chi connectivity index (χ3n) is 3.68. The minimum atomic E-state index is -0.505. The zero-order chi connectivity index (χ0) is 19.9. The molecule has 0 saturated heterocycles. The Labute approximate surface area is 159 Å². The highest BCUT2D eigenvalue weighted by atomic mass is 16.6. The number of rotatable bonds is 6. The van der Waals surface area contributed by atoms with Gasteiger partial charge in [0.25, 0.3) is 5.69 Å². The van der Waals surface area contributed by atoms with Crippen LogP contribution < -0.4 is 15.5 Å². The number of hydrogen-bond donors (Lipinski definition) is 2.